The molecule has 3 N–H and O–H groups in total. The Morgan fingerprint density at radius 1 is 1.53 bits per heavy atom. The molecule has 17 heavy (non-hydrogen) atoms. The monoisotopic (exact) mass is 235 g/mol. The number of carboxylic acid groups (broad SMARTS) is 1. The van der Waals surface area contributed by atoms with Crippen LogP contribution in [-0.4, -0.2) is 20.9 Å². The number of carboxylic acids is 1. The second-order valence-electron chi connectivity index (χ2n) is 3.56. The van der Waals surface area contributed by atoms with Gasteiger partial charge in [0.1, 0.15) is 11.6 Å². The van der Waals surface area contributed by atoms with Gasteiger partial charge in [0.25, 0.3) is 0 Å². The summed E-state index contributed by atoms with van der Waals surface area (Å²) >= 11 is 0. The maximum atomic E-state index is 13.1. The van der Waals surface area contributed by atoms with Crippen molar-refractivity contribution in [2.45, 2.75) is 6.92 Å². The summed E-state index contributed by atoms with van der Waals surface area (Å²) in [5, 5.41) is 12.7. The van der Waals surface area contributed by atoms with Crippen molar-refractivity contribution in [3.8, 4) is 5.69 Å². The first-order chi connectivity index (χ1) is 8.00. The fourth-order valence-corrected chi connectivity index (χ4v) is 1.52. The van der Waals surface area contributed by atoms with Crippen LogP contribution in [0.3, 0.4) is 0 Å². The standard InChI is InChI=1S/C11H10FN3O2/c1-6-9(11(16)17)14-15(10(6)13)8-4-2-3-7(12)5-8/h2-5H,13H2,1H3,(H,16,17). The number of carbonyl (C=O) groups is 1. The van der Waals surface area contributed by atoms with Gasteiger partial charge in [0.05, 0.1) is 5.69 Å². The number of hydrogen-bond acceptors (Lipinski definition) is 3. The number of halogens is 1. The van der Waals surface area contributed by atoms with E-state index < -0.39 is 11.8 Å². The maximum Gasteiger partial charge on any atom is 0.356 e. The fraction of sp³-hybridized carbons (Fsp3) is 0.0909. The van der Waals surface area contributed by atoms with E-state index in [0.29, 0.717) is 11.3 Å². The van der Waals surface area contributed by atoms with Gasteiger partial charge in [-0.3, -0.25) is 0 Å². The molecule has 0 radical (unpaired) electrons. The number of aromatic carboxylic acids is 1. The Hall–Kier alpha value is -2.37. The van der Waals surface area contributed by atoms with Gasteiger partial charge >= 0.3 is 5.97 Å². The summed E-state index contributed by atoms with van der Waals surface area (Å²) in [6.07, 6.45) is 0. The molecule has 0 aliphatic carbocycles. The molecular weight excluding hydrogens is 225 g/mol. The van der Waals surface area contributed by atoms with E-state index >= 15 is 0 Å². The molecule has 0 fully saturated rings. The van der Waals surface area contributed by atoms with Crippen LogP contribution in [0, 0.1) is 12.7 Å². The molecule has 6 heteroatoms. The quantitative estimate of drug-likeness (QED) is 0.828. The number of rotatable bonds is 2. The molecule has 0 atom stereocenters. The first-order valence-electron chi connectivity index (χ1n) is 4.85. The highest BCUT2D eigenvalue weighted by molar-refractivity contribution is 5.88. The molecule has 88 valence electrons. The van der Waals surface area contributed by atoms with Crippen LogP contribution in [-0.2, 0) is 0 Å². The van der Waals surface area contributed by atoms with Gasteiger partial charge in [0.15, 0.2) is 5.69 Å². The Bertz CT molecular complexity index is 592. The molecule has 1 aromatic heterocycles. The van der Waals surface area contributed by atoms with Crippen molar-refractivity contribution in [1.29, 1.82) is 0 Å². The minimum absolute atomic E-state index is 0.133. The van der Waals surface area contributed by atoms with Crippen molar-refractivity contribution >= 4 is 11.8 Å². The van der Waals surface area contributed by atoms with Crippen LogP contribution in [0.25, 0.3) is 5.69 Å². The summed E-state index contributed by atoms with van der Waals surface area (Å²) in [5.41, 5.74) is 6.36. The van der Waals surface area contributed by atoms with E-state index in [9.17, 15) is 9.18 Å². The Labute approximate surface area is 96.3 Å². The molecule has 0 amide bonds. The van der Waals surface area contributed by atoms with E-state index in [-0.39, 0.29) is 11.5 Å². The lowest BCUT2D eigenvalue weighted by molar-refractivity contribution is 0.0689. The highest BCUT2D eigenvalue weighted by Crippen LogP contribution is 2.20. The van der Waals surface area contributed by atoms with Crippen LogP contribution in [0.1, 0.15) is 16.1 Å². The van der Waals surface area contributed by atoms with Crippen molar-refractivity contribution in [2.75, 3.05) is 5.73 Å². The third kappa shape index (κ3) is 1.84. The Morgan fingerprint density at radius 2 is 2.24 bits per heavy atom. The third-order valence-electron chi connectivity index (χ3n) is 2.42. The second-order valence-corrected chi connectivity index (χ2v) is 3.56. The summed E-state index contributed by atoms with van der Waals surface area (Å²) in [6.45, 7) is 1.56. The molecule has 1 heterocycles. The molecule has 0 spiro atoms. The van der Waals surface area contributed by atoms with Gasteiger partial charge in [-0.1, -0.05) is 6.07 Å². The zero-order chi connectivity index (χ0) is 12.6. The summed E-state index contributed by atoms with van der Waals surface area (Å²) in [5.74, 6) is -1.41. The summed E-state index contributed by atoms with van der Waals surface area (Å²) < 4.78 is 14.3. The Morgan fingerprint density at radius 3 is 2.76 bits per heavy atom. The van der Waals surface area contributed by atoms with E-state index in [4.69, 9.17) is 10.8 Å². The van der Waals surface area contributed by atoms with E-state index in [1.807, 2.05) is 0 Å². The molecule has 0 bridgehead atoms. The predicted molar refractivity (Wildman–Crippen MR) is 59.6 cm³/mol. The second kappa shape index (κ2) is 3.89. The number of nitrogens with two attached hydrogens (primary N) is 1. The van der Waals surface area contributed by atoms with Gasteiger partial charge < -0.3 is 10.8 Å². The average molecular weight is 235 g/mol. The SMILES string of the molecule is Cc1c(C(=O)O)nn(-c2cccc(F)c2)c1N. The van der Waals surface area contributed by atoms with E-state index in [2.05, 4.69) is 5.10 Å². The lowest BCUT2D eigenvalue weighted by atomic mass is 10.2. The van der Waals surface area contributed by atoms with Gasteiger partial charge in [-0.15, -0.1) is 0 Å². The van der Waals surface area contributed by atoms with Crippen molar-refractivity contribution in [2.24, 2.45) is 0 Å². The van der Waals surface area contributed by atoms with E-state index in [1.165, 1.54) is 22.9 Å². The number of nitrogen functional groups attached to an aromatic ring is 1. The summed E-state index contributed by atoms with van der Waals surface area (Å²) in [7, 11) is 0. The average Bonchev–Trinajstić information content (AvgIpc) is 2.56. The number of aromatic nitrogens is 2. The van der Waals surface area contributed by atoms with Crippen LogP contribution in [0.15, 0.2) is 24.3 Å². The van der Waals surface area contributed by atoms with Gasteiger partial charge in [0.2, 0.25) is 0 Å². The molecule has 5 nitrogen and oxygen atoms in total. The smallest absolute Gasteiger partial charge is 0.356 e. The predicted octanol–water partition coefficient (Wildman–Crippen LogP) is 1.60. The third-order valence-corrected chi connectivity index (χ3v) is 2.42. The molecule has 0 unspecified atom stereocenters. The van der Waals surface area contributed by atoms with Crippen LogP contribution in [0.2, 0.25) is 0 Å². The van der Waals surface area contributed by atoms with Crippen molar-refractivity contribution < 1.29 is 14.3 Å². The van der Waals surface area contributed by atoms with Crippen LogP contribution in [0.4, 0.5) is 10.2 Å². The van der Waals surface area contributed by atoms with Gasteiger partial charge in [0, 0.05) is 5.56 Å². The zero-order valence-corrected chi connectivity index (χ0v) is 9.01. The number of anilines is 1. The molecule has 0 saturated carbocycles. The zero-order valence-electron chi connectivity index (χ0n) is 9.01. The highest BCUT2D eigenvalue weighted by Gasteiger charge is 2.18. The molecule has 0 aliphatic heterocycles. The van der Waals surface area contributed by atoms with Gasteiger partial charge in [-0.25, -0.2) is 13.9 Å². The van der Waals surface area contributed by atoms with Crippen LogP contribution < -0.4 is 5.73 Å². The fourth-order valence-electron chi connectivity index (χ4n) is 1.52. The minimum Gasteiger partial charge on any atom is -0.476 e. The topological polar surface area (TPSA) is 81.1 Å². The van der Waals surface area contributed by atoms with Crippen molar-refractivity contribution in [3.05, 3.63) is 41.3 Å². The first-order valence-corrected chi connectivity index (χ1v) is 4.85. The lowest BCUT2D eigenvalue weighted by Gasteiger charge is -2.03. The first kappa shape index (κ1) is 11.1. The largest absolute Gasteiger partial charge is 0.476 e. The van der Waals surface area contributed by atoms with E-state index in [1.54, 1.807) is 13.0 Å². The van der Waals surface area contributed by atoms with E-state index in [0.717, 1.165) is 0 Å². The van der Waals surface area contributed by atoms with Crippen molar-refractivity contribution in [3.63, 3.8) is 0 Å². The van der Waals surface area contributed by atoms with Crippen molar-refractivity contribution in [1.82, 2.24) is 9.78 Å². The van der Waals surface area contributed by atoms with Crippen LogP contribution in [0.5, 0.6) is 0 Å². The maximum absolute atomic E-state index is 13.1. The number of hydrogen-bond donors (Lipinski definition) is 2. The molecule has 1 aromatic carbocycles. The summed E-state index contributed by atoms with van der Waals surface area (Å²) in [6, 6.07) is 5.61. The normalized spacial score (nSPS) is 10.5. The summed E-state index contributed by atoms with van der Waals surface area (Å²) in [4.78, 5) is 10.9. The van der Waals surface area contributed by atoms with Crippen LogP contribution >= 0.6 is 0 Å². The highest BCUT2D eigenvalue weighted by atomic mass is 19.1. The lowest BCUT2D eigenvalue weighted by Crippen LogP contribution is -2.03. The minimum atomic E-state index is -1.16. The molecule has 0 aliphatic rings. The number of benzene rings is 1. The van der Waals surface area contributed by atoms with Gasteiger partial charge in [-0.05, 0) is 25.1 Å². The van der Waals surface area contributed by atoms with Gasteiger partial charge in [-0.2, -0.15) is 5.10 Å². The Kier molecular flexibility index (Phi) is 2.55. The molecule has 0 saturated heterocycles. The molecular formula is C11H10FN3O2. The molecule has 2 aromatic rings. The number of nitrogens with zero attached hydrogens (tertiary/aromatic N) is 2. The molecule has 2 rings (SSSR count). The Balaban J connectivity index is 2.61.